The van der Waals surface area contributed by atoms with Gasteiger partial charge in [0.2, 0.25) is 0 Å². The van der Waals surface area contributed by atoms with Gasteiger partial charge in [0.05, 0.1) is 13.2 Å². The summed E-state index contributed by atoms with van der Waals surface area (Å²) in [5, 5.41) is 0. The van der Waals surface area contributed by atoms with Crippen molar-refractivity contribution in [1.82, 2.24) is 0 Å². The van der Waals surface area contributed by atoms with Gasteiger partial charge in [0.25, 0.3) is 0 Å². The van der Waals surface area contributed by atoms with Crippen LogP contribution in [0.3, 0.4) is 0 Å². The zero-order valence-electron chi connectivity index (χ0n) is 12.3. The third kappa shape index (κ3) is 8.52. The van der Waals surface area contributed by atoms with Crippen LogP contribution in [0.25, 0.3) is 0 Å². The van der Waals surface area contributed by atoms with Crippen LogP contribution in [-0.4, -0.2) is 25.3 Å². The molecule has 0 spiro atoms. The van der Waals surface area contributed by atoms with Crippen LogP contribution < -0.4 is 0 Å². The molecule has 1 aromatic rings. The normalized spacial score (nSPS) is 11.1. The molecule has 1 rings (SSSR count). The molecule has 1 unspecified atom stereocenters. The van der Waals surface area contributed by atoms with E-state index in [0.717, 1.165) is 12.0 Å². The minimum absolute atomic E-state index is 0.250. The van der Waals surface area contributed by atoms with Crippen molar-refractivity contribution in [1.29, 1.82) is 0 Å². The van der Waals surface area contributed by atoms with Crippen LogP contribution in [0.1, 0.15) is 31.9 Å². The van der Waals surface area contributed by atoms with Crippen LogP contribution in [0.2, 0.25) is 0 Å². The van der Waals surface area contributed by atoms with Crippen molar-refractivity contribution in [2.24, 2.45) is 0 Å². The van der Waals surface area contributed by atoms with Gasteiger partial charge in [-0.05, 0) is 18.9 Å². The van der Waals surface area contributed by atoms with Crippen LogP contribution in [0.5, 0.6) is 0 Å². The highest BCUT2D eigenvalue weighted by Crippen LogP contribution is 2.18. The second-order valence-electron chi connectivity index (χ2n) is 3.84. The fraction of sp³-hybridized carbons (Fsp3) is 0.375. The summed E-state index contributed by atoms with van der Waals surface area (Å²) in [6.07, 6.45) is 4.48. The van der Waals surface area contributed by atoms with Gasteiger partial charge in [-0.2, -0.15) is 9.59 Å². The number of hydrogen-bond acceptors (Lipinski definition) is 5. The summed E-state index contributed by atoms with van der Waals surface area (Å²) in [6, 6.07) is 9.40. The first-order valence-corrected chi connectivity index (χ1v) is 6.68. The van der Waals surface area contributed by atoms with Gasteiger partial charge in [-0.3, -0.25) is 0 Å². The van der Waals surface area contributed by atoms with E-state index in [1.165, 1.54) is 0 Å². The molecule has 0 aliphatic heterocycles. The zero-order valence-corrected chi connectivity index (χ0v) is 12.3. The Morgan fingerprint density at radius 1 is 1.19 bits per heavy atom. The Morgan fingerprint density at radius 2 is 1.81 bits per heavy atom. The smallest absolute Gasteiger partial charge is 0.373 e. The molecule has 0 radical (unpaired) electrons. The predicted molar refractivity (Wildman–Crippen MR) is 76.2 cm³/mol. The molecule has 0 saturated carbocycles. The standard InChI is InChI=1S/C15H20O3.CO2/c1-3-5-9-12-18-14(15(16)17-4-2)13-10-7-6-8-11-13;2-1-3/h5-11,14H,3-4,12H2,1-2H3;/b9-5+;. The fourth-order valence-electron chi connectivity index (χ4n) is 1.53. The number of benzene rings is 1. The van der Waals surface area contributed by atoms with E-state index in [-0.39, 0.29) is 12.1 Å². The average Bonchev–Trinajstić information content (AvgIpc) is 2.49. The van der Waals surface area contributed by atoms with Crippen LogP contribution in [0.15, 0.2) is 42.5 Å². The summed E-state index contributed by atoms with van der Waals surface area (Å²) < 4.78 is 10.6. The molecule has 0 amide bonds. The van der Waals surface area contributed by atoms with Gasteiger partial charge in [-0.25, -0.2) is 4.79 Å². The minimum Gasteiger partial charge on any atom is -0.464 e. The molecule has 0 bridgehead atoms. The highest BCUT2D eigenvalue weighted by atomic mass is 16.6. The first-order valence-electron chi connectivity index (χ1n) is 6.68. The first-order chi connectivity index (χ1) is 10.2. The number of esters is 1. The van der Waals surface area contributed by atoms with E-state index in [4.69, 9.17) is 19.1 Å². The van der Waals surface area contributed by atoms with E-state index < -0.39 is 6.10 Å². The SMILES string of the molecule is CC/C=C/COC(C(=O)OCC)c1ccccc1.O=C=O. The van der Waals surface area contributed by atoms with Gasteiger partial charge in [-0.1, -0.05) is 49.4 Å². The van der Waals surface area contributed by atoms with E-state index in [1.807, 2.05) is 42.5 Å². The van der Waals surface area contributed by atoms with Gasteiger partial charge >= 0.3 is 12.1 Å². The lowest BCUT2D eigenvalue weighted by molar-refractivity contribution is -0.191. The van der Waals surface area contributed by atoms with Gasteiger partial charge in [0.1, 0.15) is 0 Å². The molecule has 5 heteroatoms. The maximum atomic E-state index is 11.8. The van der Waals surface area contributed by atoms with Crippen molar-refractivity contribution in [2.75, 3.05) is 13.2 Å². The molecule has 21 heavy (non-hydrogen) atoms. The molecule has 5 nitrogen and oxygen atoms in total. The summed E-state index contributed by atoms with van der Waals surface area (Å²) in [5.74, 6) is -0.339. The quantitative estimate of drug-likeness (QED) is 0.571. The maximum Gasteiger partial charge on any atom is 0.373 e. The molecule has 1 aromatic carbocycles. The van der Waals surface area contributed by atoms with Crippen molar-refractivity contribution in [3.8, 4) is 0 Å². The topological polar surface area (TPSA) is 69.7 Å². The molecule has 0 aromatic heterocycles. The summed E-state index contributed by atoms with van der Waals surface area (Å²) in [5.41, 5.74) is 0.820. The van der Waals surface area contributed by atoms with Gasteiger partial charge in [0.15, 0.2) is 6.10 Å². The largest absolute Gasteiger partial charge is 0.464 e. The predicted octanol–water partition coefficient (Wildman–Crippen LogP) is 2.69. The number of rotatable bonds is 7. The Balaban J connectivity index is 0.00000122. The summed E-state index contributed by atoms with van der Waals surface area (Å²) in [7, 11) is 0. The van der Waals surface area contributed by atoms with Crippen molar-refractivity contribution < 1.29 is 23.9 Å². The lowest BCUT2D eigenvalue weighted by Crippen LogP contribution is -2.19. The van der Waals surface area contributed by atoms with E-state index in [1.54, 1.807) is 6.92 Å². The summed E-state index contributed by atoms with van der Waals surface area (Å²) >= 11 is 0. The Morgan fingerprint density at radius 3 is 2.33 bits per heavy atom. The molecule has 0 aliphatic rings. The number of ether oxygens (including phenoxy) is 2. The van der Waals surface area contributed by atoms with Gasteiger partial charge in [-0.15, -0.1) is 0 Å². The fourth-order valence-corrected chi connectivity index (χ4v) is 1.53. The number of carbonyl (C=O) groups is 1. The molecule has 0 saturated heterocycles. The van der Waals surface area contributed by atoms with Crippen LogP contribution in [0, 0.1) is 0 Å². The molecule has 0 aliphatic carbocycles. The van der Waals surface area contributed by atoms with Gasteiger partial charge < -0.3 is 9.47 Å². The first kappa shape index (κ1) is 18.8. The second kappa shape index (κ2) is 12.8. The molecule has 1 atom stereocenters. The molecule has 0 fully saturated rings. The Hall–Kier alpha value is -2.23. The van der Waals surface area contributed by atoms with E-state index >= 15 is 0 Å². The van der Waals surface area contributed by atoms with Crippen LogP contribution in [0.4, 0.5) is 0 Å². The third-order valence-corrected chi connectivity index (χ3v) is 2.36. The Bertz CT molecular complexity index is 447. The van der Waals surface area contributed by atoms with Crippen molar-refractivity contribution in [3.63, 3.8) is 0 Å². The summed E-state index contributed by atoms with van der Waals surface area (Å²) in [4.78, 5) is 28.1. The zero-order chi connectivity index (χ0) is 15.9. The highest BCUT2D eigenvalue weighted by molar-refractivity contribution is 5.76. The minimum atomic E-state index is -0.646. The van der Waals surface area contributed by atoms with Crippen molar-refractivity contribution in [2.45, 2.75) is 26.4 Å². The number of hydrogen-bond donors (Lipinski definition) is 0. The van der Waals surface area contributed by atoms with Crippen LogP contribution >= 0.6 is 0 Å². The van der Waals surface area contributed by atoms with E-state index in [9.17, 15) is 4.79 Å². The molecular formula is C16H20O5. The van der Waals surface area contributed by atoms with E-state index in [2.05, 4.69) is 6.92 Å². The van der Waals surface area contributed by atoms with E-state index in [0.29, 0.717) is 13.2 Å². The van der Waals surface area contributed by atoms with Gasteiger partial charge in [0, 0.05) is 0 Å². The molecule has 0 heterocycles. The Labute approximate surface area is 124 Å². The number of carbonyl (C=O) groups excluding carboxylic acids is 3. The van der Waals surface area contributed by atoms with Crippen molar-refractivity contribution >= 4 is 12.1 Å². The van der Waals surface area contributed by atoms with Crippen molar-refractivity contribution in [3.05, 3.63) is 48.0 Å². The average molecular weight is 292 g/mol. The Kier molecular flexibility index (Phi) is 11.4. The molecular weight excluding hydrogens is 272 g/mol. The molecule has 0 N–H and O–H groups in total. The lowest BCUT2D eigenvalue weighted by atomic mass is 10.1. The highest BCUT2D eigenvalue weighted by Gasteiger charge is 2.21. The number of allylic oxidation sites excluding steroid dienone is 1. The third-order valence-electron chi connectivity index (χ3n) is 2.36. The maximum absolute atomic E-state index is 11.8. The lowest BCUT2D eigenvalue weighted by Gasteiger charge is -2.15. The molecule has 114 valence electrons. The summed E-state index contributed by atoms with van der Waals surface area (Å²) in [6.45, 7) is 4.61. The second-order valence-corrected chi connectivity index (χ2v) is 3.84. The monoisotopic (exact) mass is 292 g/mol. The van der Waals surface area contributed by atoms with Crippen LogP contribution in [-0.2, 0) is 23.9 Å².